The highest BCUT2D eigenvalue weighted by Gasteiger charge is 1.94. The third-order valence-electron chi connectivity index (χ3n) is 1.17. The third kappa shape index (κ3) is 1.61. The molecular formula is C7H9ClN2. The lowest BCUT2D eigenvalue weighted by Crippen LogP contribution is -1.93. The average Bonchev–Trinajstić information content (AvgIpc) is 1.85. The predicted molar refractivity (Wildman–Crippen MR) is 42.9 cm³/mol. The first kappa shape index (κ1) is 7.35. The van der Waals surface area contributed by atoms with Gasteiger partial charge in [-0.05, 0) is 19.1 Å². The predicted octanol–water partition coefficient (Wildman–Crippen LogP) is 1.71. The fourth-order valence-corrected chi connectivity index (χ4v) is 0.972. The number of nitrogens with two attached hydrogens (primary N) is 1. The van der Waals surface area contributed by atoms with Crippen molar-refractivity contribution in [3.05, 3.63) is 23.5 Å². The van der Waals surface area contributed by atoms with E-state index in [9.17, 15) is 0 Å². The molecule has 0 aliphatic carbocycles. The van der Waals surface area contributed by atoms with Crippen LogP contribution in [0.3, 0.4) is 0 Å². The number of pyridine rings is 1. The second-order valence-corrected chi connectivity index (χ2v) is 2.43. The van der Waals surface area contributed by atoms with Gasteiger partial charge in [0.1, 0.15) is 0 Å². The molecule has 0 fully saturated rings. The maximum absolute atomic E-state index is 5.55. The van der Waals surface area contributed by atoms with Gasteiger partial charge in [0.2, 0.25) is 0 Å². The molecular weight excluding hydrogens is 148 g/mol. The summed E-state index contributed by atoms with van der Waals surface area (Å²) < 4.78 is 0. The molecule has 10 heavy (non-hydrogen) atoms. The maximum atomic E-state index is 5.55. The van der Waals surface area contributed by atoms with E-state index in [4.69, 9.17) is 17.3 Å². The van der Waals surface area contributed by atoms with Gasteiger partial charge >= 0.3 is 0 Å². The zero-order valence-corrected chi connectivity index (χ0v) is 6.52. The normalized spacial score (nSPS) is 9.80. The Morgan fingerprint density at radius 1 is 1.60 bits per heavy atom. The number of rotatable bonds is 1. The number of aryl methyl sites for hydroxylation is 1. The summed E-state index contributed by atoms with van der Waals surface area (Å²) in [6.45, 7) is 1.90. The maximum Gasteiger partial charge on any atom is 0.0648 e. The molecule has 1 aromatic heterocycles. The van der Waals surface area contributed by atoms with Crippen molar-refractivity contribution in [2.45, 2.75) is 12.8 Å². The van der Waals surface area contributed by atoms with Crippen LogP contribution < -0.4 is 5.73 Å². The molecule has 0 aliphatic rings. The van der Waals surface area contributed by atoms with Crippen molar-refractivity contribution in [3.63, 3.8) is 0 Å². The highest BCUT2D eigenvalue weighted by molar-refractivity contribution is 6.16. The highest BCUT2D eigenvalue weighted by atomic mass is 35.5. The van der Waals surface area contributed by atoms with Crippen molar-refractivity contribution in [3.8, 4) is 0 Å². The van der Waals surface area contributed by atoms with E-state index in [0.29, 0.717) is 5.88 Å². The molecule has 2 nitrogen and oxygen atoms in total. The molecule has 0 spiro atoms. The Hall–Kier alpha value is -0.760. The number of nitrogens with zero attached hydrogens (tertiary/aromatic N) is 1. The van der Waals surface area contributed by atoms with Crippen molar-refractivity contribution in [1.29, 1.82) is 0 Å². The first-order chi connectivity index (χ1) is 4.72. The second-order valence-electron chi connectivity index (χ2n) is 2.17. The monoisotopic (exact) mass is 156 g/mol. The number of hydrogen-bond acceptors (Lipinski definition) is 2. The van der Waals surface area contributed by atoms with Crippen LogP contribution in [0.25, 0.3) is 0 Å². The topological polar surface area (TPSA) is 38.9 Å². The summed E-state index contributed by atoms with van der Waals surface area (Å²) in [6, 6.07) is 3.59. The second kappa shape index (κ2) is 2.88. The van der Waals surface area contributed by atoms with Gasteiger partial charge in [-0.1, -0.05) is 0 Å². The van der Waals surface area contributed by atoms with Gasteiger partial charge in [-0.25, -0.2) is 0 Å². The van der Waals surface area contributed by atoms with Crippen LogP contribution in [-0.2, 0) is 5.88 Å². The Kier molecular flexibility index (Phi) is 2.12. The molecule has 2 N–H and O–H groups in total. The van der Waals surface area contributed by atoms with Gasteiger partial charge in [0.15, 0.2) is 0 Å². The number of alkyl halides is 1. The van der Waals surface area contributed by atoms with E-state index in [1.807, 2.05) is 13.0 Å². The van der Waals surface area contributed by atoms with Crippen molar-refractivity contribution < 1.29 is 0 Å². The molecule has 0 saturated heterocycles. The lowest BCUT2D eigenvalue weighted by Gasteiger charge is -1.98. The summed E-state index contributed by atoms with van der Waals surface area (Å²) in [4.78, 5) is 4.14. The zero-order valence-electron chi connectivity index (χ0n) is 5.76. The Morgan fingerprint density at radius 3 is 2.80 bits per heavy atom. The van der Waals surface area contributed by atoms with Crippen LogP contribution in [-0.4, -0.2) is 4.98 Å². The molecule has 1 heterocycles. The Bertz CT molecular complexity index is 215. The number of aromatic nitrogens is 1. The van der Waals surface area contributed by atoms with Crippen LogP contribution in [0.5, 0.6) is 0 Å². The lowest BCUT2D eigenvalue weighted by molar-refractivity contribution is 1.11. The van der Waals surface area contributed by atoms with Gasteiger partial charge < -0.3 is 5.73 Å². The fraction of sp³-hybridized carbons (Fsp3) is 0.286. The zero-order chi connectivity index (χ0) is 7.56. The molecule has 0 bridgehead atoms. The molecule has 0 radical (unpaired) electrons. The molecule has 1 rings (SSSR count). The van der Waals surface area contributed by atoms with E-state index in [1.165, 1.54) is 0 Å². The van der Waals surface area contributed by atoms with E-state index in [0.717, 1.165) is 17.1 Å². The number of anilines is 1. The molecule has 0 aliphatic heterocycles. The summed E-state index contributed by atoms with van der Waals surface area (Å²) in [5.41, 5.74) is 8.01. The minimum Gasteiger partial charge on any atom is -0.399 e. The van der Waals surface area contributed by atoms with E-state index in [-0.39, 0.29) is 0 Å². The number of nitrogen functional groups attached to an aromatic ring is 1. The minimum atomic E-state index is 0.423. The molecule has 54 valence electrons. The van der Waals surface area contributed by atoms with Crippen molar-refractivity contribution in [2.75, 3.05) is 5.73 Å². The summed E-state index contributed by atoms with van der Waals surface area (Å²) in [5.74, 6) is 0.423. The highest BCUT2D eigenvalue weighted by Crippen LogP contribution is 2.08. The van der Waals surface area contributed by atoms with Gasteiger partial charge in [-0.2, -0.15) is 0 Å². The van der Waals surface area contributed by atoms with Gasteiger partial charge in [-0.15, -0.1) is 11.6 Å². The first-order valence-corrected chi connectivity index (χ1v) is 3.55. The van der Waals surface area contributed by atoms with Crippen molar-refractivity contribution in [2.24, 2.45) is 0 Å². The molecule has 0 unspecified atom stereocenters. The van der Waals surface area contributed by atoms with Gasteiger partial charge in [0.25, 0.3) is 0 Å². The third-order valence-corrected chi connectivity index (χ3v) is 1.44. The molecule has 1 aromatic rings. The Morgan fingerprint density at radius 2 is 2.30 bits per heavy atom. The SMILES string of the molecule is Cc1cc(N)cc(CCl)n1. The molecule has 0 atom stereocenters. The molecule has 0 aromatic carbocycles. The first-order valence-electron chi connectivity index (χ1n) is 3.01. The van der Waals surface area contributed by atoms with Gasteiger partial charge in [-0.3, -0.25) is 4.98 Å². The standard InChI is InChI=1S/C7H9ClN2/c1-5-2-6(9)3-7(4-8)10-5/h2-3H,4H2,1H3,(H2,9,10). The minimum absolute atomic E-state index is 0.423. The van der Waals surface area contributed by atoms with Gasteiger partial charge in [0, 0.05) is 11.4 Å². The Labute approximate surface area is 65.0 Å². The quantitative estimate of drug-likeness (QED) is 0.629. The van der Waals surface area contributed by atoms with E-state index >= 15 is 0 Å². The largest absolute Gasteiger partial charge is 0.399 e. The van der Waals surface area contributed by atoms with E-state index in [1.54, 1.807) is 6.07 Å². The molecule has 0 saturated carbocycles. The van der Waals surface area contributed by atoms with Crippen LogP contribution >= 0.6 is 11.6 Å². The molecule has 3 heteroatoms. The van der Waals surface area contributed by atoms with E-state index < -0.39 is 0 Å². The van der Waals surface area contributed by atoms with Crippen LogP contribution in [0.1, 0.15) is 11.4 Å². The number of hydrogen-bond donors (Lipinski definition) is 1. The van der Waals surface area contributed by atoms with Crippen LogP contribution in [0.2, 0.25) is 0 Å². The summed E-state index contributed by atoms with van der Waals surface area (Å²) in [6.07, 6.45) is 0. The van der Waals surface area contributed by atoms with Crippen LogP contribution in [0.15, 0.2) is 12.1 Å². The fourth-order valence-electron chi connectivity index (χ4n) is 0.835. The van der Waals surface area contributed by atoms with E-state index in [2.05, 4.69) is 4.98 Å². The van der Waals surface area contributed by atoms with Gasteiger partial charge in [0.05, 0.1) is 11.6 Å². The van der Waals surface area contributed by atoms with Crippen LogP contribution in [0.4, 0.5) is 5.69 Å². The van der Waals surface area contributed by atoms with Crippen molar-refractivity contribution >= 4 is 17.3 Å². The summed E-state index contributed by atoms with van der Waals surface area (Å²) >= 11 is 5.55. The Balaban J connectivity index is 3.06. The average molecular weight is 157 g/mol. The number of halogens is 1. The molecule has 0 amide bonds. The van der Waals surface area contributed by atoms with Crippen molar-refractivity contribution in [1.82, 2.24) is 4.98 Å². The van der Waals surface area contributed by atoms with Crippen LogP contribution in [0, 0.1) is 6.92 Å². The summed E-state index contributed by atoms with van der Waals surface area (Å²) in [5, 5.41) is 0. The lowest BCUT2D eigenvalue weighted by atomic mass is 10.3. The summed E-state index contributed by atoms with van der Waals surface area (Å²) in [7, 11) is 0. The smallest absolute Gasteiger partial charge is 0.0648 e.